The van der Waals surface area contributed by atoms with Gasteiger partial charge in [0.05, 0.1) is 5.69 Å². The number of hydrogen-bond donors (Lipinski definition) is 2. The Morgan fingerprint density at radius 3 is 2.65 bits per heavy atom. The fourth-order valence-electron chi connectivity index (χ4n) is 1.41. The Morgan fingerprint density at radius 2 is 1.94 bits per heavy atom. The maximum Gasteiger partial charge on any atom is 0.310 e. The van der Waals surface area contributed by atoms with E-state index in [1.807, 2.05) is 31.2 Å². The Labute approximate surface area is 97.1 Å². The molecule has 0 aliphatic carbocycles. The zero-order valence-electron chi connectivity index (χ0n) is 9.32. The van der Waals surface area contributed by atoms with Gasteiger partial charge in [-0.1, -0.05) is 18.2 Å². The van der Waals surface area contributed by atoms with Gasteiger partial charge >= 0.3 is 5.56 Å². The lowest BCUT2D eigenvalue weighted by molar-refractivity contribution is 0.297. The van der Waals surface area contributed by atoms with Crippen LogP contribution in [0.4, 0.5) is 0 Å². The largest absolute Gasteiger partial charge is 0.487 e. The van der Waals surface area contributed by atoms with E-state index in [0.29, 0.717) is 5.69 Å². The number of aromatic nitrogens is 2. The molecule has 0 unspecified atom stereocenters. The third kappa shape index (κ3) is 2.63. The van der Waals surface area contributed by atoms with Crippen molar-refractivity contribution in [1.29, 1.82) is 0 Å². The Morgan fingerprint density at radius 1 is 1.18 bits per heavy atom. The van der Waals surface area contributed by atoms with E-state index in [4.69, 9.17) is 4.74 Å². The molecule has 0 spiro atoms. The number of nitrogens with one attached hydrogen (secondary N) is 2. The Hall–Kier alpha value is -2.30. The van der Waals surface area contributed by atoms with Crippen LogP contribution in [0.3, 0.4) is 0 Å². The maximum absolute atomic E-state index is 11.1. The van der Waals surface area contributed by atoms with Crippen molar-refractivity contribution in [3.05, 3.63) is 62.2 Å². The number of H-pyrrole nitrogens is 2. The predicted octanol–water partition coefficient (Wildman–Crippen LogP) is 0.951. The van der Waals surface area contributed by atoms with Gasteiger partial charge in [-0.15, -0.1) is 0 Å². The van der Waals surface area contributed by atoms with Gasteiger partial charge in [0.25, 0.3) is 0 Å². The molecule has 5 nitrogen and oxygen atoms in total. The number of aryl methyl sites for hydroxylation is 1. The van der Waals surface area contributed by atoms with Crippen molar-refractivity contribution in [2.45, 2.75) is 13.5 Å². The summed E-state index contributed by atoms with van der Waals surface area (Å²) in [6.07, 6.45) is 0. The normalized spacial score (nSPS) is 10.2. The number of para-hydroxylation sites is 1. The standard InChI is InChI=1S/C12H12N2O3/c1-8-4-2-3-5-11(8)17-7-9-6-10(15)12(16)14-13-9/h2-6H,7H2,1H3,(H,13,15)(H,14,16). The average Bonchev–Trinajstić information content (AvgIpc) is 2.32. The van der Waals surface area contributed by atoms with Crippen LogP contribution in [0.1, 0.15) is 11.3 Å². The first kappa shape index (κ1) is 11.2. The van der Waals surface area contributed by atoms with Crippen LogP contribution in [-0.2, 0) is 6.61 Å². The first-order chi connectivity index (χ1) is 8.16. The zero-order chi connectivity index (χ0) is 12.3. The molecule has 0 atom stereocenters. The highest BCUT2D eigenvalue weighted by Crippen LogP contribution is 2.16. The molecule has 5 heteroatoms. The van der Waals surface area contributed by atoms with Crippen molar-refractivity contribution in [3.63, 3.8) is 0 Å². The molecule has 0 amide bonds. The van der Waals surface area contributed by atoms with Gasteiger partial charge in [0.15, 0.2) is 0 Å². The monoisotopic (exact) mass is 232 g/mol. The summed E-state index contributed by atoms with van der Waals surface area (Å²) in [5.74, 6) is 0.750. The summed E-state index contributed by atoms with van der Waals surface area (Å²) in [7, 11) is 0. The summed E-state index contributed by atoms with van der Waals surface area (Å²) >= 11 is 0. The zero-order valence-corrected chi connectivity index (χ0v) is 9.32. The van der Waals surface area contributed by atoms with Crippen LogP contribution in [0, 0.1) is 6.92 Å². The van der Waals surface area contributed by atoms with Gasteiger partial charge in [0.2, 0.25) is 5.43 Å². The van der Waals surface area contributed by atoms with Crippen molar-refractivity contribution < 1.29 is 4.74 Å². The van der Waals surface area contributed by atoms with Crippen molar-refractivity contribution in [1.82, 2.24) is 10.2 Å². The number of aromatic amines is 2. The number of rotatable bonds is 3. The minimum Gasteiger partial charge on any atom is -0.487 e. The molecule has 2 rings (SSSR count). The molecule has 0 radical (unpaired) electrons. The van der Waals surface area contributed by atoms with Gasteiger partial charge in [0, 0.05) is 6.07 Å². The summed E-state index contributed by atoms with van der Waals surface area (Å²) in [6, 6.07) is 8.81. The fraction of sp³-hybridized carbons (Fsp3) is 0.167. The predicted molar refractivity (Wildman–Crippen MR) is 63.2 cm³/mol. The first-order valence-electron chi connectivity index (χ1n) is 5.16. The molecule has 1 aromatic heterocycles. The number of benzene rings is 1. The van der Waals surface area contributed by atoms with E-state index < -0.39 is 11.0 Å². The molecular formula is C12H12N2O3. The lowest BCUT2D eigenvalue weighted by Gasteiger charge is -2.08. The van der Waals surface area contributed by atoms with E-state index in [1.54, 1.807) is 0 Å². The van der Waals surface area contributed by atoms with E-state index in [1.165, 1.54) is 6.07 Å². The van der Waals surface area contributed by atoms with Gasteiger partial charge in [-0.25, -0.2) is 0 Å². The topological polar surface area (TPSA) is 75.0 Å². The van der Waals surface area contributed by atoms with Crippen LogP contribution in [0.15, 0.2) is 39.9 Å². The fourth-order valence-corrected chi connectivity index (χ4v) is 1.41. The van der Waals surface area contributed by atoms with Crippen LogP contribution in [0.25, 0.3) is 0 Å². The Balaban J connectivity index is 2.13. The SMILES string of the molecule is Cc1ccccc1OCc1cc(=O)c(=O)[nH][nH]1. The Bertz CT molecular complexity index is 628. The molecule has 2 N–H and O–H groups in total. The molecular weight excluding hydrogens is 220 g/mol. The third-order valence-corrected chi connectivity index (χ3v) is 2.34. The molecule has 0 saturated carbocycles. The van der Waals surface area contributed by atoms with Crippen LogP contribution in [0.5, 0.6) is 5.75 Å². The van der Waals surface area contributed by atoms with E-state index in [2.05, 4.69) is 10.2 Å². The molecule has 0 fully saturated rings. The van der Waals surface area contributed by atoms with Crippen molar-refractivity contribution in [2.24, 2.45) is 0 Å². The molecule has 17 heavy (non-hydrogen) atoms. The summed E-state index contributed by atoms with van der Waals surface area (Å²) in [5.41, 5.74) is 0.300. The highest BCUT2D eigenvalue weighted by molar-refractivity contribution is 5.31. The highest BCUT2D eigenvalue weighted by Gasteiger charge is 2.01. The molecule has 0 aliphatic heterocycles. The maximum atomic E-state index is 11.1. The summed E-state index contributed by atoms with van der Waals surface area (Å²) in [6.45, 7) is 2.14. The van der Waals surface area contributed by atoms with E-state index in [-0.39, 0.29) is 6.61 Å². The second kappa shape index (κ2) is 4.69. The number of hydrogen-bond acceptors (Lipinski definition) is 3. The highest BCUT2D eigenvalue weighted by atomic mass is 16.5. The van der Waals surface area contributed by atoms with Crippen LogP contribution >= 0.6 is 0 Å². The first-order valence-corrected chi connectivity index (χ1v) is 5.16. The van der Waals surface area contributed by atoms with E-state index >= 15 is 0 Å². The molecule has 0 saturated heterocycles. The minimum absolute atomic E-state index is 0.205. The molecule has 88 valence electrons. The van der Waals surface area contributed by atoms with Crippen molar-refractivity contribution in [3.8, 4) is 5.75 Å². The summed E-state index contributed by atoms with van der Waals surface area (Å²) in [5, 5.41) is 4.85. The van der Waals surface area contributed by atoms with E-state index in [0.717, 1.165) is 11.3 Å². The van der Waals surface area contributed by atoms with Gasteiger partial charge in [-0.05, 0) is 18.6 Å². The molecule has 0 bridgehead atoms. The van der Waals surface area contributed by atoms with Crippen LogP contribution in [-0.4, -0.2) is 10.2 Å². The molecule has 0 aliphatic rings. The van der Waals surface area contributed by atoms with Gasteiger partial charge in [-0.3, -0.25) is 19.8 Å². The number of ether oxygens (including phenoxy) is 1. The van der Waals surface area contributed by atoms with Crippen molar-refractivity contribution >= 4 is 0 Å². The van der Waals surface area contributed by atoms with Crippen LogP contribution < -0.4 is 15.7 Å². The van der Waals surface area contributed by atoms with Crippen LogP contribution in [0.2, 0.25) is 0 Å². The lowest BCUT2D eigenvalue weighted by Crippen LogP contribution is -2.28. The van der Waals surface area contributed by atoms with Gasteiger partial charge in [0.1, 0.15) is 12.4 Å². The molecule has 1 aromatic carbocycles. The molecule has 1 heterocycles. The smallest absolute Gasteiger partial charge is 0.310 e. The molecule has 2 aromatic rings. The second-order valence-electron chi connectivity index (χ2n) is 3.67. The minimum atomic E-state index is -0.662. The summed E-state index contributed by atoms with van der Waals surface area (Å²) < 4.78 is 5.53. The van der Waals surface area contributed by atoms with Crippen molar-refractivity contribution in [2.75, 3.05) is 0 Å². The quantitative estimate of drug-likeness (QED) is 0.774. The Kier molecular flexibility index (Phi) is 3.09. The van der Waals surface area contributed by atoms with Gasteiger partial charge < -0.3 is 4.74 Å². The summed E-state index contributed by atoms with van der Waals surface area (Å²) in [4.78, 5) is 22.0. The second-order valence-corrected chi connectivity index (χ2v) is 3.67. The van der Waals surface area contributed by atoms with Gasteiger partial charge in [-0.2, -0.15) is 0 Å². The third-order valence-electron chi connectivity index (χ3n) is 2.34. The average molecular weight is 232 g/mol. The lowest BCUT2D eigenvalue weighted by atomic mass is 10.2. The van der Waals surface area contributed by atoms with E-state index in [9.17, 15) is 9.59 Å².